The number of carbonyl (C=O) groups is 1. The molecule has 1 amide bonds. The number of sulfonamides is 1. The van der Waals surface area contributed by atoms with Crippen molar-refractivity contribution in [3.63, 3.8) is 0 Å². The van der Waals surface area contributed by atoms with Gasteiger partial charge < -0.3 is 15.5 Å². The van der Waals surface area contributed by atoms with Gasteiger partial charge in [-0.1, -0.05) is 29.0 Å². The minimum absolute atomic E-state index is 0.161. The monoisotopic (exact) mass is 433 g/mol. The molecule has 0 spiro atoms. The van der Waals surface area contributed by atoms with Gasteiger partial charge in [-0.05, 0) is 31.9 Å². The lowest BCUT2D eigenvalue weighted by molar-refractivity contribution is -0.119. The summed E-state index contributed by atoms with van der Waals surface area (Å²) in [5, 5.41) is 22.1. The number of fused-ring (bicyclic) bond motifs is 1. The molecule has 1 aliphatic rings. The maximum absolute atomic E-state index is 13.0. The number of thiazole rings is 1. The highest BCUT2D eigenvalue weighted by atomic mass is 32.2. The van der Waals surface area contributed by atoms with Gasteiger partial charge in [0, 0.05) is 18.7 Å². The molecule has 1 aliphatic heterocycles. The Balaban J connectivity index is 1.57. The topological polar surface area (TPSA) is 120 Å². The molecular formula is C19H19N3O5S2. The zero-order valence-corrected chi connectivity index (χ0v) is 17.1. The van der Waals surface area contributed by atoms with Gasteiger partial charge in [0.25, 0.3) is 0 Å². The molecule has 3 aromatic rings. The largest absolute Gasteiger partial charge is 0.504 e. The number of aromatic hydroxyl groups is 2. The molecule has 29 heavy (non-hydrogen) atoms. The molecule has 1 fully saturated rings. The average Bonchev–Trinajstić information content (AvgIpc) is 3.30. The minimum atomic E-state index is -3.79. The second-order valence-corrected chi connectivity index (χ2v) is 9.82. The zero-order valence-electron chi connectivity index (χ0n) is 15.5. The van der Waals surface area contributed by atoms with Crippen molar-refractivity contribution in [2.75, 3.05) is 11.9 Å². The number of amides is 1. The lowest BCUT2D eigenvalue weighted by atomic mass is 10.2. The van der Waals surface area contributed by atoms with E-state index < -0.39 is 22.0 Å². The molecule has 3 N–H and O–H groups in total. The van der Waals surface area contributed by atoms with Crippen LogP contribution in [0.25, 0.3) is 10.2 Å². The van der Waals surface area contributed by atoms with Crippen molar-refractivity contribution in [1.82, 2.24) is 9.29 Å². The standard InChI is InChI=1S/C19H19N3O5S2/c1-11-4-6-12(7-5-11)29(26,27)22-8-2-3-14(22)18(25)21-19-20-13-9-15(23)16(24)10-17(13)28-19/h4-7,9-10,14,23-24H,2-3,8H2,1H3,(H,20,21,25)/t14-/m0/s1. The third kappa shape index (κ3) is 3.66. The molecule has 8 nitrogen and oxygen atoms in total. The van der Waals surface area contributed by atoms with Crippen LogP contribution in [0.3, 0.4) is 0 Å². The number of hydrogen-bond acceptors (Lipinski definition) is 7. The summed E-state index contributed by atoms with van der Waals surface area (Å²) < 4.78 is 27.8. The van der Waals surface area contributed by atoms with Crippen LogP contribution in [-0.4, -0.2) is 46.4 Å². The summed E-state index contributed by atoms with van der Waals surface area (Å²) in [5.41, 5.74) is 1.38. The van der Waals surface area contributed by atoms with E-state index in [4.69, 9.17) is 0 Å². The summed E-state index contributed by atoms with van der Waals surface area (Å²) in [6, 6.07) is 8.39. The van der Waals surface area contributed by atoms with Crippen LogP contribution in [0, 0.1) is 6.92 Å². The molecule has 0 saturated carbocycles. The van der Waals surface area contributed by atoms with Crippen LogP contribution in [0.2, 0.25) is 0 Å². The van der Waals surface area contributed by atoms with E-state index >= 15 is 0 Å². The molecule has 1 saturated heterocycles. The SMILES string of the molecule is Cc1ccc(S(=O)(=O)N2CCC[C@H]2C(=O)Nc2nc3cc(O)c(O)cc3s2)cc1. The van der Waals surface area contributed by atoms with Gasteiger partial charge >= 0.3 is 0 Å². The number of nitrogens with one attached hydrogen (secondary N) is 1. The lowest BCUT2D eigenvalue weighted by Gasteiger charge is -2.23. The van der Waals surface area contributed by atoms with Crippen LogP contribution in [0.15, 0.2) is 41.3 Å². The second kappa shape index (κ2) is 7.29. The van der Waals surface area contributed by atoms with Gasteiger partial charge in [0.2, 0.25) is 15.9 Å². The Kier molecular flexibility index (Phi) is 4.93. The molecule has 1 atom stereocenters. The quantitative estimate of drug-likeness (QED) is 0.544. The van der Waals surface area contributed by atoms with Gasteiger partial charge in [-0.2, -0.15) is 4.31 Å². The highest BCUT2D eigenvalue weighted by Crippen LogP contribution is 2.35. The molecule has 10 heteroatoms. The average molecular weight is 434 g/mol. The molecule has 1 aromatic heterocycles. The van der Waals surface area contributed by atoms with Crippen molar-refractivity contribution >= 4 is 42.6 Å². The molecule has 4 rings (SSSR count). The smallest absolute Gasteiger partial charge is 0.244 e. The Labute approximate surface area is 171 Å². The van der Waals surface area contributed by atoms with Crippen molar-refractivity contribution in [3.8, 4) is 11.5 Å². The van der Waals surface area contributed by atoms with Crippen LogP contribution < -0.4 is 5.32 Å². The molecule has 0 aliphatic carbocycles. The van der Waals surface area contributed by atoms with Gasteiger partial charge in [-0.15, -0.1) is 0 Å². The summed E-state index contributed by atoms with van der Waals surface area (Å²) in [6.07, 6.45) is 1.01. The van der Waals surface area contributed by atoms with Crippen molar-refractivity contribution in [2.45, 2.75) is 30.7 Å². The van der Waals surface area contributed by atoms with Gasteiger partial charge in [0.15, 0.2) is 16.6 Å². The first-order valence-corrected chi connectivity index (χ1v) is 11.2. The number of carbonyl (C=O) groups excluding carboxylic acids is 1. The predicted molar refractivity (Wildman–Crippen MR) is 110 cm³/mol. The van der Waals surface area contributed by atoms with E-state index in [1.54, 1.807) is 24.3 Å². The summed E-state index contributed by atoms with van der Waals surface area (Å²) in [4.78, 5) is 17.2. The maximum Gasteiger partial charge on any atom is 0.244 e. The van der Waals surface area contributed by atoms with E-state index in [2.05, 4.69) is 10.3 Å². The normalized spacial score (nSPS) is 17.6. The third-order valence-corrected chi connectivity index (χ3v) is 7.70. The molecule has 2 heterocycles. The number of aryl methyl sites for hydroxylation is 1. The molecule has 152 valence electrons. The minimum Gasteiger partial charge on any atom is -0.504 e. The highest BCUT2D eigenvalue weighted by molar-refractivity contribution is 7.89. The molecule has 2 aromatic carbocycles. The Morgan fingerprint density at radius 2 is 1.90 bits per heavy atom. The van der Waals surface area contributed by atoms with Crippen LogP contribution >= 0.6 is 11.3 Å². The molecule has 0 bridgehead atoms. The van der Waals surface area contributed by atoms with E-state index in [-0.39, 0.29) is 28.1 Å². The second-order valence-electron chi connectivity index (χ2n) is 6.90. The van der Waals surface area contributed by atoms with Crippen molar-refractivity contribution in [1.29, 1.82) is 0 Å². The number of anilines is 1. The number of hydrogen-bond donors (Lipinski definition) is 3. The Bertz CT molecular complexity index is 1150. The molecule has 0 unspecified atom stereocenters. The Hall–Kier alpha value is -2.69. The van der Waals surface area contributed by atoms with Gasteiger partial charge in [0.05, 0.1) is 15.1 Å². The van der Waals surface area contributed by atoms with E-state index in [1.165, 1.54) is 16.4 Å². The van der Waals surface area contributed by atoms with E-state index in [9.17, 15) is 23.4 Å². The van der Waals surface area contributed by atoms with Crippen molar-refractivity contribution < 1.29 is 23.4 Å². The van der Waals surface area contributed by atoms with Crippen molar-refractivity contribution in [2.24, 2.45) is 0 Å². The fraction of sp³-hybridized carbons (Fsp3) is 0.263. The number of benzene rings is 2. The molecular weight excluding hydrogens is 414 g/mol. The van der Waals surface area contributed by atoms with Gasteiger partial charge in [-0.3, -0.25) is 4.79 Å². The summed E-state index contributed by atoms with van der Waals surface area (Å²) in [7, 11) is -3.79. The van der Waals surface area contributed by atoms with Crippen LogP contribution in [-0.2, 0) is 14.8 Å². The number of nitrogens with zero attached hydrogens (tertiary/aromatic N) is 2. The van der Waals surface area contributed by atoms with Crippen LogP contribution in [0.1, 0.15) is 18.4 Å². The predicted octanol–water partition coefficient (Wildman–Crippen LogP) is 2.81. The van der Waals surface area contributed by atoms with E-state index in [1.807, 2.05) is 6.92 Å². The zero-order chi connectivity index (χ0) is 20.8. The number of rotatable bonds is 4. The maximum atomic E-state index is 13.0. The van der Waals surface area contributed by atoms with Crippen LogP contribution in [0.4, 0.5) is 5.13 Å². The highest BCUT2D eigenvalue weighted by Gasteiger charge is 2.39. The fourth-order valence-electron chi connectivity index (χ4n) is 3.33. The first-order chi connectivity index (χ1) is 13.8. The first kappa shape index (κ1) is 19.6. The number of phenolic OH excluding ortho intramolecular Hbond substituents is 2. The number of phenols is 2. The van der Waals surface area contributed by atoms with Crippen LogP contribution in [0.5, 0.6) is 11.5 Å². The molecule has 0 radical (unpaired) electrons. The summed E-state index contributed by atoms with van der Waals surface area (Å²) in [6.45, 7) is 2.15. The number of aromatic nitrogens is 1. The Morgan fingerprint density at radius 3 is 2.62 bits per heavy atom. The van der Waals surface area contributed by atoms with Gasteiger partial charge in [-0.25, -0.2) is 13.4 Å². The first-order valence-electron chi connectivity index (χ1n) is 8.97. The third-order valence-electron chi connectivity index (χ3n) is 4.85. The van der Waals surface area contributed by atoms with E-state index in [0.717, 1.165) is 16.9 Å². The fourth-order valence-corrected chi connectivity index (χ4v) is 5.87. The van der Waals surface area contributed by atoms with Gasteiger partial charge in [0.1, 0.15) is 6.04 Å². The summed E-state index contributed by atoms with van der Waals surface area (Å²) in [5.74, 6) is -1.03. The Morgan fingerprint density at radius 1 is 1.21 bits per heavy atom. The lowest BCUT2D eigenvalue weighted by Crippen LogP contribution is -2.43. The van der Waals surface area contributed by atoms with Crippen molar-refractivity contribution in [3.05, 3.63) is 42.0 Å². The summed E-state index contributed by atoms with van der Waals surface area (Å²) >= 11 is 1.13. The van der Waals surface area contributed by atoms with E-state index in [0.29, 0.717) is 23.1 Å².